The van der Waals surface area contributed by atoms with Gasteiger partial charge in [0.15, 0.2) is 0 Å². The van der Waals surface area contributed by atoms with Crippen molar-refractivity contribution in [2.45, 2.75) is 0 Å². The Bertz CT molecular complexity index is 322. The van der Waals surface area contributed by atoms with E-state index in [0.29, 0.717) is 5.82 Å². The van der Waals surface area contributed by atoms with Crippen molar-refractivity contribution < 1.29 is 1.43 Å². The number of hydrogen-bond donors (Lipinski definition) is 3. The maximum Gasteiger partial charge on any atom is 0.261 e. The highest BCUT2D eigenvalue weighted by molar-refractivity contribution is 5.83. The lowest BCUT2D eigenvalue weighted by atomic mass is 10.3. The van der Waals surface area contributed by atoms with Crippen molar-refractivity contribution in [1.29, 1.82) is 5.41 Å². The maximum absolute atomic E-state index is 10.9. The molecular formula is C6H10N4O. The van der Waals surface area contributed by atoms with Gasteiger partial charge in [-0.3, -0.25) is 4.79 Å². The first-order valence-corrected chi connectivity index (χ1v) is 3.05. The monoisotopic (exact) mass is 154 g/mol. The van der Waals surface area contributed by atoms with Crippen LogP contribution >= 0.6 is 0 Å². The smallest absolute Gasteiger partial charge is 0.261 e. The minimum absolute atomic E-state index is 0. The first-order chi connectivity index (χ1) is 5.29. The molecule has 3 N–H and O–H groups in total. The van der Waals surface area contributed by atoms with Crippen LogP contribution in [0.1, 0.15) is 6.99 Å². The predicted molar refractivity (Wildman–Crippen MR) is 44.4 cm³/mol. The Balaban J connectivity index is 0.00000121. The summed E-state index contributed by atoms with van der Waals surface area (Å²) in [7, 11) is 1.65. The zero-order valence-corrected chi connectivity index (χ0v) is 6.01. The van der Waals surface area contributed by atoms with Gasteiger partial charge in [0.1, 0.15) is 5.82 Å². The van der Waals surface area contributed by atoms with Crippen LogP contribution in [0.4, 0.5) is 5.82 Å². The van der Waals surface area contributed by atoms with E-state index in [-0.39, 0.29) is 12.5 Å². The molecule has 0 aromatic carbocycles. The fourth-order valence-electron chi connectivity index (χ4n) is 0.743. The van der Waals surface area contributed by atoms with Crippen molar-refractivity contribution in [3.8, 4) is 0 Å². The average Bonchev–Trinajstić information content (AvgIpc) is 2.04. The molecule has 0 fully saturated rings. The molecule has 1 heterocycles. The number of rotatable bonds is 2. The second-order valence-corrected chi connectivity index (χ2v) is 1.89. The molecule has 0 aliphatic carbocycles. The van der Waals surface area contributed by atoms with Crippen molar-refractivity contribution in [3.05, 3.63) is 22.2 Å². The molecule has 0 amide bonds. The van der Waals surface area contributed by atoms with Gasteiger partial charge < -0.3 is 15.7 Å². The molecule has 11 heavy (non-hydrogen) atoms. The van der Waals surface area contributed by atoms with E-state index in [1.165, 1.54) is 6.33 Å². The summed E-state index contributed by atoms with van der Waals surface area (Å²) in [5.74, 6) is 0.420. The zero-order valence-electron chi connectivity index (χ0n) is 6.01. The molecule has 60 valence electrons. The van der Waals surface area contributed by atoms with Gasteiger partial charge in [0.2, 0.25) is 0 Å². The Morgan fingerprint density at radius 2 is 2.64 bits per heavy atom. The van der Waals surface area contributed by atoms with Crippen LogP contribution in [0.5, 0.6) is 0 Å². The van der Waals surface area contributed by atoms with Gasteiger partial charge in [0.05, 0.1) is 11.9 Å². The molecular weight excluding hydrogens is 144 g/mol. The molecule has 0 atom stereocenters. The van der Waals surface area contributed by atoms with Gasteiger partial charge in [-0.1, -0.05) is 0 Å². The van der Waals surface area contributed by atoms with Crippen LogP contribution in [-0.4, -0.2) is 23.2 Å². The number of anilines is 1. The van der Waals surface area contributed by atoms with Crippen LogP contribution < -0.4 is 10.9 Å². The van der Waals surface area contributed by atoms with E-state index >= 15 is 0 Å². The molecule has 1 aromatic rings. The number of hydrogen-bond acceptors (Lipinski definition) is 4. The Hall–Kier alpha value is -1.65. The Morgan fingerprint density at radius 1 is 1.91 bits per heavy atom. The van der Waals surface area contributed by atoms with Crippen LogP contribution in [0.2, 0.25) is 0 Å². The van der Waals surface area contributed by atoms with E-state index in [4.69, 9.17) is 5.41 Å². The topological polar surface area (TPSA) is 81.6 Å². The van der Waals surface area contributed by atoms with E-state index in [1.807, 2.05) is 0 Å². The summed E-state index contributed by atoms with van der Waals surface area (Å²) in [4.78, 5) is 17.1. The number of H-pyrrole nitrogens is 1. The van der Waals surface area contributed by atoms with Crippen LogP contribution in [0.3, 0.4) is 0 Å². The van der Waals surface area contributed by atoms with Gasteiger partial charge in [0.25, 0.3) is 5.56 Å². The molecule has 1 rings (SSSR count). The van der Waals surface area contributed by atoms with Gasteiger partial charge in [-0.2, -0.15) is 0 Å². The Morgan fingerprint density at radius 3 is 3.09 bits per heavy atom. The number of nitrogens with zero attached hydrogens (tertiary/aromatic N) is 1. The highest BCUT2D eigenvalue weighted by atomic mass is 16.1. The van der Waals surface area contributed by atoms with Crippen LogP contribution in [0, 0.1) is 5.41 Å². The first kappa shape index (κ1) is 7.46. The van der Waals surface area contributed by atoms with Crippen molar-refractivity contribution in [2.75, 3.05) is 12.4 Å². The third-order valence-electron chi connectivity index (χ3n) is 1.27. The molecule has 0 bridgehead atoms. The van der Waals surface area contributed by atoms with Gasteiger partial charge in [-0.05, 0) is 0 Å². The molecule has 5 nitrogen and oxygen atoms in total. The average molecular weight is 154 g/mol. The highest BCUT2D eigenvalue weighted by Gasteiger charge is 2.01. The maximum atomic E-state index is 10.9. The molecule has 1 aromatic heterocycles. The van der Waals surface area contributed by atoms with E-state index < -0.39 is 0 Å². The van der Waals surface area contributed by atoms with E-state index in [0.717, 1.165) is 6.21 Å². The first-order valence-electron chi connectivity index (χ1n) is 3.05. The van der Waals surface area contributed by atoms with Crippen LogP contribution in [0.25, 0.3) is 0 Å². The number of nitrogens with one attached hydrogen (secondary N) is 3. The molecule has 5 heteroatoms. The lowest BCUT2D eigenvalue weighted by Gasteiger charge is -1.99. The fraction of sp³-hybridized carbons (Fsp3) is 0.167. The summed E-state index contributed by atoms with van der Waals surface area (Å²) in [5.41, 5.74) is -0.0608. The molecule has 0 aliphatic heterocycles. The standard InChI is InChI=1S/C6H8N4O.H2/c1-8-5-4(2-7)6(11)10-3-9-5;/h2-3,7H,1H3,(H2,8,9,10,11);1H. The van der Waals surface area contributed by atoms with E-state index in [1.54, 1.807) is 7.05 Å². The van der Waals surface area contributed by atoms with Crippen LogP contribution in [0.15, 0.2) is 11.1 Å². The molecule has 0 unspecified atom stereocenters. The molecule has 0 aliphatic rings. The lowest BCUT2D eigenvalue weighted by molar-refractivity contribution is 1.10. The quantitative estimate of drug-likeness (QED) is 0.526. The third-order valence-corrected chi connectivity index (χ3v) is 1.27. The van der Waals surface area contributed by atoms with E-state index in [2.05, 4.69) is 15.3 Å². The van der Waals surface area contributed by atoms with Crippen molar-refractivity contribution in [3.63, 3.8) is 0 Å². The normalized spacial score (nSPS) is 9.18. The summed E-state index contributed by atoms with van der Waals surface area (Å²) in [6, 6.07) is 0. The largest absolute Gasteiger partial charge is 0.372 e. The number of aromatic nitrogens is 2. The summed E-state index contributed by atoms with van der Waals surface area (Å²) in [5, 5.41) is 9.61. The third kappa shape index (κ3) is 1.26. The lowest BCUT2D eigenvalue weighted by Crippen LogP contribution is -2.15. The summed E-state index contributed by atoms with van der Waals surface area (Å²) < 4.78 is 0. The van der Waals surface area contributed by atoms with Gasteiger partial charge in [-0.25, -0.2) is 4.98 Å². The molecule has 0 saturated carbocycles. The highest BCUT2D eigenvalue weighted by Crippen LogP contribution is 1.99. The number of aromatic amines is 1. The second kappa shape index (κ2) is 2.96. The minimum atomic E-state index is -0.306. The van der Waals surface area contributed by atoms with Crippen molar-refractivity contribution in [2.24, 2.45) is 0 Å². The predicted octanol–water partition coefficient (Wildman–Crippen LogP) is 0.0553. The molecule has 0 radical (unpaired) electrons. The van der Waals surface area contributed by atoms with Gasteiger partial charge in [0, 0.05) is 14.7 Å². The summed E-state index contributed by atoms with van der Waals surface area (Å²) >= 11 is 0. The van der Waals surface area contributed by atoms with Crippen LogP contribution in [-0.2, 0) is 0 Å². The fourth-order valence-corrected chi connectivity index (χ4v) is 0.743. The Kier molecular flexibility index (Phi) is 2.00. The van der Waals surface area contributed by atoms with Gasteiger partial charge >= 0.3 is 0 Å². The zero-order chi connectivity index (χ0) is 8.27. The second-order valence-electron chi connectivity index (χ2n) is 1.89. The molecule has 0 saturated heterocycles. The SMILES string of the molecule is CNc1nc[nH]c(=O)c1C=N.[HH]. The van der Waals surface area contributed by atoms with Crippen molar-refractivity contribution >= 4 is 12.0 Å². The minimum Gasteiger partial charge on any atom is -0.372 e. The van der Waals surface area contributed by atoms with E-state index in [9.17, 15) is 4.79 Å². The van der Waals surface area contributed by atoms with Gasteiger partial charge in [-0.15, -0.1) is 0 Å². The summed E-state index contributed by atoms with van der Waals surface area (Å²) in [6.45, 7) is 0. The Labute approximate surface area is 64.5 Å². The van der Waals surface area contributed by atoms with Crippen molar-refractivity contribution in [1.82, 2.24) is 9.97 Å². The summed E-state index contributed by atoms with van der Waals surface area (Å²) in [6.07, 6.45) is 2.26. The molecule has 0 spiro atoms.